The van der Waals surface area contributed by atoms with Gasteiger partial charge in [0.1, 0.15) is 11.6 Å². The molecule has 1 fully saturated rings. The maximum absolute atomic E-state index is 13.3. The topological polar surface area (TPSA) is 18.5 Å². The van der Waals surface area contributed by atoms with Gasteiger partial charge in [-0.25, -0.2) is 8.78 Å². The van der Waals surface area contributed by atoms with Gasteiger partial charge in [0.2, 0.25) is 0 Å². The number of benzene rings is 1. The smallest absolute Gasteiger partial charge is 0.126 e. The summed E-state index contributed by atoms with van der Waals surface area (Å²) < 4.78 is 26.7. The van der Waals surface area contributed by atoms with Crippen LogP contribution in [0.2, 0.25) is 0 Å². The Morgan fingerprint density at radius 2 is 1.90 bits per heavy atom. The molecule has 1 aromatic carbocycles. The van der Waals surface area contributed by atoms with Gasteiger partial charge in [-0.3, -0.25) is 0 Å². The Labute approximate surface area is 125 Å². The second-order valence-corrected chi connectivity index (χ2v) is 5.96. The van der Waals surface area contributed by atoms with Crippen molar-refractivity contribution in [2.24, 2.45) is 0 Å². The summed E-state index contributed by atoms with van der Waals surface area (Å²) in [6, 6.07) is 4.27. The number of halogens is 2. The Balaban J connectivity index is 1.93. The molecule has 2 atom stereocenters. The van der Waals surface area contributed by atoms with Crippen molar-refractivity contribution in [1.29, 1.82) is 0 Å². The van der Waals surface area contributed by atoms with E-state index in [0.29, 0.717) is 11.6 Å². The normalized spacial score (nSPS) is 22.4. The minimum Gasteiger partial charge on any atom is -0.313 e. The van der Waals surface area contributed by atoms with Gasteiger partial charge in [-0.1, -0.05) is 0 Å². The number of hydrogen-bond donors (Lipinski definition) is 1. The minimum atomic E-state index is -0.515. The summed E-state index contributed by atoms with van der Waals surface area (Å²) in [5.74, 6) is -1.03. The second kappa shape index (κ2) is 7.29. The van der Waals surface area contributed by atoms with Gasteiger partial charge in [-0.2, -0.15) is 0 Å². The zero-order valence-electron chi connectivity index (χ0n) is 13.1. The maximum atomic E-state index is 13.3. The molecule has 1 heterocycles. The zero-order chi connectivity index (χ0) is 15.4. The first-order valence-corrected chi connectivity index (χ1v) is 7.55. The van der Waals surface area contributed by atoms with Gasteiger partial charge in [0.15, 0.2) is 0 Å². The predicted octanol–water partition coefficient (Wildman–Crippen LogP) is 2.25. The zero-order valence-corrected chi connectivity index (χ0v) is 13.1. The summed E-state index contributed by atoms with van der Waals surface area (Å²) in [5, 5.41) is 3.16. The highest BCUT2D eigenvalue weighted by atomic mass is 19.1. The second-order valence-electron chi connectivity index (χ2n) is 5.96. The van der Waals surface area contributed by atoms with E-state index in [1.807, 2.05) is 7.05 Å². The lowest BCUT2D eigenvalue weighted by Gasteiger charge is -2.38. The van der Waals surface area contributed by atoms with E-state index >= 15 is 0 Å². The third-order valence-corrected chi connectivity index (χ3v) is 4.41. The molecule has 0 saturated carbocycles. The van der Waals surface area contributed by atoms with E-state index in [4.69, 9.17) is 0 Å². The van der Waals surface area contributed by atoms with Crippen LogP contribution < -0.4 is 5.32 Å². The fourth-order valence-electron chi connectivity index (χ4n) is 2.89. The molecule has 5 heteroatoms. The van der Waals surface area contributed by atoms with E-state index in [9.17, 15) is 8.78 Å². The summed E-state index contributed by atoms with van der Waals surface area (Å²) in [4.78, 5) is 4.78. The summed E-state index contributed by atoms with van der Waals surface area (Å²) in [6.07, 6.45) is 0.843. The van der Waals surface area contributed by atoms with Gasteiger partial charge >= 0.3 is 0 Å². The molecule has 1 aliphatic rings. The van der Waals surface area contributed by atoms with Crippen molar-refractivity contribution in [2.75, 3.05) is 40.3 Å². The van der Waals surface area contributed by atoms with Gasteiger partial charge in [-0.15, -0.1) is 0 Å². The number of likely N-dealkylation sites (N-methyl/N-ethyl adjacent to an activating group) is 1. The third kappa shape index (κ3) is 4.46. The Morgan fingerprint density at radius 1 is 1.24 bits per heavy atom. The van der Waals surface area contributed by atoms with Crippen molar-refractivity contribution < 1.29 is 8.78 Å². The van der Waals surface area contributed by atoms with Crippen LogP contribution in [0.1, 0.15) is 24.9 Å². The van der Waals surface area contributed by atoms with Crippen LogP contribution in [0.25, 0.3) is 0 Å². The Hall–Kier alpha value is -1.04. The quantitative estimate of drug-likeness (QED) is 0.899. The van der Waals surface area contributed by atoms with E-state index in [1.165, 1.54) is 12.1 Å². The lowest BCUT2D eigenvalue weighted by Crippen LogP contribution is -2.50. The van der Waals surface area contributed by atoms with Crippen molar-refractivity contribution in [3.05, 3.63) is 35.4 Å². The van der Waals surface area contributed by atoms with Gasteiger partial charge in [0, 0.05) is 44.3 Å². The minimum absolute atomic E-state index is 0.0230. The Bertz CT molecular complexity index is 447. The fourth-order valence-corrected chi connectivity index (χ4v) is 2.89. The molecule has 0 spiro atoms. The summed E-state index contributed by atoms with van der Waals surface area (Å²) in [5.41, 5.74) is 0.678. The van der Waals surface area contributed by atoms with Crippen molar-refractivity contribution in [3.63, 3.8) is 0 Å². The molecule has 3 nitrogen and oxygen atoms in total. The number of nitrogens with zero attached hydrogens (tertiary/aromatic N) is 2. The molecule has 1 aliphatic heterocycles. The van der Waals surface area contributed by atoms with Crippen LogP contribution in [0.4, 0.5) is 8.78 Å². The summed E-state index contributed by atoms with van der Waals surface area (Å²) in [7, 11) is 3.98. The third-order valence-electron chi connectivity index (χ3n) is 4.41. The van der Waals surface area contributed by atoms with E-state index < -0.39 is 11.6 Å². The van der Waals surface area contributed by atoms with E-state index in [1.54, 1.807) is 0 Å². The number of hydrogen-bond acceptors (Lipinski definition) is 3. The van der Waals surface area contributed by atoms with Crippen LogP contribution in [-0.4, -0.2) is 56.1 Å². The molecule has 118 valence electrons. The SMILES string of the molecule is CNC(CCN1CCN(C)C(C)C1)c1cc(F)cc(F)c1. The fraction of sp³-hybridized carbons (Fsp3) is 0.625. The highest BCUT2D eigenvalue weighted by molar-refractivity contribution is 5.21. The molecule has 2 unspecified atom stereocenters. The van der Waals surface area contributed by atoms with Crippen LogP contribution in [0, 0.1) is 11.6 Å². The largest absolute Gasteiger partial charge is 0.313 e. The highest BCUT2D eigenvalue weighted by Crippen LogP contribution is 2.20. The number of nitrogens with one attached hydrogen (secondary N) is 1. The van der Waals surface area contributed by atoms with Gasteiger partial charge in [0.25, 0.3) is 0 Å². The average molecular weight is 297 g/mol. The van der Waals surface area contributed by atoms with E-state index in [2.05, 4.69) is 29.1 Å². The van der Waals surface area contributed by atoms with Crippen molar-refractivity contribution in [1.82, 2.24) is 15.1 Å². The Morgan fingerprint density at radius 3 is 2.48 bits per heavy atom. The first-order chi connectivity index (χ1) is 9.99. The lowest BCUT2D eigenvalue weighted by molar-refractivity contribution is 0.102. The molecule has 0 radical (unpaired) electrons. The van der Waals surface area contributed by atoms with Crippen LogP contribution in [-0.2, 0) is 0 Å². The van der Waals surface area contributed by atoms with Crippen molar-refractivity contribution >= 4 is 0 Å². The molecule has 0 bridgehead atoms. The molecule has 1 N–H and O–H groups in total. The maximum Gasteiger partial charge on any atom is 0.126 e. The van der Waals surface area contributed by atoms with Gasteiger partial charge in [-0.05, 0) is 45.1 Å². The van der Waals surface area contributed by atoms with E-state index in [-0.39, 0.29) is 6.04 Å². The van der Waals surface area contributed by atoms with Crippen molar-refractivity contribution in [2.45, 2.75) is 25.4 Å². The Kier molecular flexibility index (Phi) is 5.67. The molecule has 2 rings (SSSR count). The first-order valence-electron chi connectivity index (χ1n) is 7.55. The van der Waals surface area contributed by atoms with Gasteiger partial charge < -0.3 is 15.1 Å². The average Bonchev–Trinajstić information content (AvgIpc) is 2.42. The molecule has 0 aromatic heterocycles. The van der Waals surface area contributed by atoms with Gasteiger partial charge in [0.05, 0.1) is 0 Å². The molecule has 1 saturated heterocycles. The van der Waals surface area contributed by atoms with Crippen LogP contribution in [0.3, 0.4) is 0 Å². The summed E-state index contributed by atoms with van der Waals surface area (Å²) >= 11 is 0. The van der Waals surface area contributed by atoms with E-state index in [0.717, 1.165) is 38.7 Å². The standard InChI is InChI=1S/C16H25F2N3/c1-12-11-21(7-6-20(12)3)5-4-16(19-2)13-8-14(17)10-15(18)9-13/h8-10,12,16,19H,4-7,11H2,1-3H3. The number of piperazine rings is 1. The van der Waals surface area contributed by atoms with Crippen LogP contribution in [0.5, 0.6) is 0 Å². The highest BCUT2D eigenvalue weighted by Gasteiger charge is 2.21. The van der Waals surface area contributed by atoms with Crippen molar-refractivity contribution in [3.8, 4) is 0 Å². The molecular weight excluding hydrogens is 272 g/mol. The monoisotopic (exact) mass is 297 g/mol. The van der Waals surface area contributed by atoms with Crippen LogP contribution >= 0.6 is 0 Å². The molecular formula is C16H25F2N3. The molecule has 1 aromatic rings. The lowest BCUT2D eigenvalue weighted by atomic mass is 10.0. The van der Waals surface area contributed by atoms with Crippen LogP contribution in [0.15, 0.2) is 18.2 Å². The molecule has 0 amide bonds. The predicted molar refractivity (Wildman–Crippen MR) is 81.3 cm³/mol. The first kappa shape index (κ1) is 16.3. The molecule has 21 heavy (non-hydrogen) atoms. The summed E-state index contributed by atoms with van der Waals surface area (Å²) in [6.45, 7) is 6.32. The molecule has 0 aliphatic carbocycles. The number of rotatable bonds is 5.